The van der Waals surface area contributed by atoms with Gasteiger partial charge in [0, 0.05) is 51.5 Å². The molecule has 6 nitrogen and oxygen atoms in total. The number of guanidine groups is 1. The number of hydrogen-bond donors (Lipinski definition) is 1. The smallest absolute Gasteiger partial charge is 0.194 e. The van der Waals surface area contributed by atoms with E-state index in [1.807, 2.05) is 24.1 Å². The van der Waals surface area contributed by atoms with E-state index in [0.717, 1.165) is 32.1 Å². The fraction of sp³-hybridized carbons (Fsp3) is 0.500. The van der Waals surface area contributed by atoms with Gasteiger partial charge in [0.05, 0.1) is 12.7 Å². The number of aromatic nitrogens is 2. The second-order valence-electron chi connectivity index (χ2n) is 6.82. The average molecular weight is 357 g/mol. The number of likely N-dealkylation sites (N-methyl/N-ethyl adjacent to an activating group) is 1. The molecule has 0 aliphatic rings. The molecule has 1 aromatic heterocycles. The van der Waals surface area contributed by atoms with Crippen LogP contribution in [0.3, 0.4) is 0 Å². The van der Waals surface area contributed by atoms with Gasteiger partial charge in [-0.1, -0.05) is 30.3 Å². The van der Waals surface area contributed by atoms with Crippen LogP contribution in [0.1, 0.15) is 25.0 Å². The van der Waals surface area contributed by atoms with Gasteiger partial charge in [0.15, 0.2) is 5.96 Å². The van der Waals surface area contributed by atoms with Crippen LogP contribution in [0.25, 0.3) is 0 Å². The van der Waals surface area contributed by atoms with E-state index in [2.05, 4.69) is 78.5 Å². The highest BCUT2D eigenvalue weighted by Gasteiger charge is 2.12. The molecule has 0 saturated carbocycles. The number of nitrogens with zero attached hydrogens (tertiary/aromatic N) is 5. The summed E-state index contributed by atoms with van der Waals surface area (Å²) in [4.78, 5) is 9.32. The Balaban J connectivity index is 1.93. The lowest BCUT2D eigenvalue weighted by Crippen LogP contribution is -2.40. The predicted molar refractivity (Wildman–Crippen MR) is 108 cm³/mol. The van der Waals surface area contributed by atoms with Crippen LogP contribution in [0.2, 0.25) is 0 Å². The summed E-state index contributed by atoms with van der Waals surface area (Å²) in [6, 6.07) is 10.9. The number of aliphatic imine (C=N–C) groups is 1. The molecule has 0 aliphatic carbocycles. The predicted octanol–water partition coefficient (Wildman–Crippen LogP) is 2.34. The maximum atomic E-state index is 4.84. The van der Waals surface area contributed by atoms with Gasteiger partial charge in [-0.25, -0.2) is 0 Å². The highest BCUT2D eigenvalue weighted by Crippen LogP contribution is 2.07. The second kappa shape index (κ2) is 9.97. The summed E-state index contributed by atoms with van der Waals surface area (Å²) < 4.78 is 1.83. The van der Waals surface area contributed by atoms with Crippen molar-refractivity contribution in [2.24, 2.45) is 12.0 Å². The van der Waals surface area contributed by atoms with Crippen LogP contribution in [0.5, 0.6) is 0 Å². The molecule has 0 amide bonds. The van der Waals surface area contributed by atoms with E-state index in [-0.39, 0.29) is 0 Å². The normalized spacial score (nSPS) is 13.1. The first kappa shape index (κ1) is 20.0. The lowest BCUT2D eigenvalue weighted by atomic mass is 10.2. The van der Waals surface area contributed by atoms with Gasteiger partial charge in [0.2, 0.25) is 0 Å². The number of nitrogens with one attached hydrogen (secondary N) is 1. The van der Waals surface area contributed by atoms with Gasteiger partial charge in [-0.05, 0) is 26.5 Å². The van der Waals surface area contributed by atoms with Gasteiger partial charge >= 0.3 is 0 Å². The summed E-state index contributed by atoms with van der Waals surface area (Å²) in [5.74, 6) is 0.927. The Hall–Kier alpha value is -2.34. The van der Waals surface area contributed by atoms with Crippen molar-refractivity contribution < 1.29 is 0 Å². The molecule has 2 rings (SSSR count). The molecule has 0 bridgehead atoms. The van der Waals surface area contributed by atoms with E-state index >= 15 is 0 Å². The standard InChI is InChI=1S/C20H32N6/c1-6-21-20(25(4)15-19-13-23-26(5)16-19)22-12-17(2)24(3)14-18-10-8-7-9-11-18/h7-11,13,16-17H,6,12,14-15H2,1-5H3,(H,21,22). The minimum absolute atomic E-state index is 0.357. The Morgan fingerprint density at radius 3 is 2.54 bits per heavy atom. The molecule has 26 heavy (non-hydrogen) atoms. The summed E-state index contributed by atoms with van der Waals surface area (Å²) in [5, 5.41) is 7.62. The van der Waals surface area contributed by atoms with Crippen LogP contribution in [-0.4, -0.2) is 58.8 Å². The second-order valence-corrected chi connectivity index (χ2v) is 6.82. The minimum atomic E-state index is 0.357. The largest absolute Gasteiger partial charge is 0.357 e. The lowest BCUT2D eigenvalue weighted by Gasteiger charge is -2.25. The fourth-order valence-corrected chi connectivity index (χ4v) is 2.76. The number of rotatable bonds is 8. The zero-order valence-corrected chi connectivity index (χ0v) is 16.7. The molecule has 2 aromatic rings. The molecule has 0 spiro atoms. The number of benzene rings is 1. The zero-order valence-electron chi connectivity index (χ0n) is 16.7. The van der Waals surface area contributed by atoms with Crippen LogP contribution in [-0.2, 0) is 20.1 Å². The van der Waals surface area contributed by atoms with Crippen molar-refractivity contribution >= 4 is 5.96 Å². The molecule has 0 fully saturated rings. The Kier molecular flexibility index (Phi) is 7.66. The first-order valence-electron chi connectivity index (χ1n) is 9.20. The van der Waals surface area contributed by atoms with Crippen molar-refractivity contribution in [1.29, 1.82) is 0 Å². The van der Waals surface area contributed by atoms with Crippen LogP contribution >= 0.6 is 0 Å². The van der Waals surface area contributed by atoms with Gasteiger partial charge in [0.1, 0.15) is 0 Å². The van der Waals surface area contributed by atoms with Crippen molar-refractivity contribution in [3.63, 3.8) is 0 Å². The zero-order chi connectivity index (χ0) is 18.9. The quantitative estimate of drug-likeness (QED) is 0.583. The molecular formula is C20H32N6. The molecule has 1 heterocycles. The van der Waals surface area contributed by atoms with Crippen LogP contribution < -0.4 is 5.32 Å². The van der Waals surface area contributed by atoms with Crippen molar-refractivity contribution in [3.8, 4) is 0 Å². The third kappa shape index (κ3) is 6.19. The van der Waals surface area contributed by atoms with Crippen LogP contribution in [0.15, 0.2) is 47.7 Å². The third-order valence-electron chi connectivity index (χ3n) is 4.41. The Labute approximate surface area is 157 Å². The number of hydrogen-bond acceptors (Lipinski definition) is 3. The van der Waals surface area contributed by atoms with Gasteiger partial charge in [-0.2, -0.15) is 5.10 Å². The van der Waals surface area contributed by atoms with E-state index < -0.39 is 0 Å². The maximum absolute atomic E-state index is 4.84. The molecule has 1 N–H and O–H groups in total. The van der Waals surface area contributed by atoms with Crippen molar-refractivity contribution in [2.75, 3.05) is 27.2 Å². The van der Waals surface area contributed by atoms with E-state index in [1.165, 1.54) is 11.1 Å². The topological polar surface area (TPSA) is 48.7 Å². The summed E-state index contributed by atoms with van der Waals surface area (Å²) in [7, 11) is 6.15. The van der Waals surface area contributed by atoms with E-state index in [4.69, 9.17) is 4.99 Å². The van der Waals surface area contributed by atoms with E-state index in [0.29, 0.717) is 6.04 Å². The lowest BCUT2D eigenvalue weighted by molar-refractivity contribution is 0.254. The van der Waals surface area contributed by atoms with Crippen LogP contribution in [0.4, 0.5) is 0 Å². The van der Waals surface area contributed by atoms with Gasteiger partial charge in [-0.3, -0.25) is 14.6 Å². The van der Waals surface area contributed by atoms with Crippen molar-refractivity contribution in [1.82, 2.24) is 24.9 Å². The molecule has 6 heteroatoms. The van der Waals surface area contributed by atoms with Crippen LogP contribution in [0, 0.1) is 0 Å². The Bertz CT molecular complexity index is 679. The maximum Gasteiger partial charge on any atom is 0.194 e. The molecular weight excluding hydrogens is 324 g/mol. The summed E-state index contributed by atoms with van der Waals surface area (Å²) in [5.41, 5.74) is 2.50. The third-order valence-corrected chi connectivity index (χ3v) is 4.41. The van der Waals surface area contributed by atoms with Crippen molar-refractivity contribution in [3.05, 3.63) is 53.9 Å². The summed E-state index contributed by atoms with van der Waals surface area (Å²) >= 11 is 0. The molecule has 0 aliphatic heterocycles. The Morgan fingerprint density at radius 2 is 1.92 bits per heavy atom. The summed E-state index contributed by atoms with van der Waals surface area (Å²) in [6.07, 6.45) is 3.94. The minimum Gasteiger partial charge on any atom is -0.357 e. The van der Waals surface area contributed by atoms with E-state index in [1.54, 1.807) is 0 Å². The first-order valence-corrected chi connectivity index (χ1v) is 9.20. The molecule has 1 aromatic carbocycles. The Morgan fingerprint density at radius 1 is 1.19 bits per heavy atom. The fourth-order valence-electron chi connectivity index (χ4n) is 2.76. The number of aryl methyl sites for hydroxylation is 1. The molecule has 1 unspecified atom stereocenters. The molecule has 0 saturated heterocycles. The highest BCUT2D eigenvalue weighted by atomic mass is 15.3. The average Bonchev–Trinajstić information content (AvgIpc) is 3.03. The summed E-state index contributed by atoms with van der Waals surface area (Å²) in [6.45, 7) is 7.64. The molecule has 0 radical (unpaired) electrons. The van der Waals surface area contributed by atoms with E-state index in [9.17, 15) is 0 Å². The molecule has 1 atom stereocenters. The van der Waals surface area contributed by atoms with Crippen molar-refractivity contribution in [2.45, 2.75) is 33.0 Å². The monoisotopic (exact) mass is 356 g/mol. The first-order chi connectivity index (χ1) is 12.5. The van der Waals surface area contributed by atoms with Gasteiger partial charge in [0.25, 0.3) is 0 Å². The SMILES string of the molecule is CCNC(=NCC(C)N(C)Cc1ccccc1)N(C)Cc1cnn(C)c1. The molecule has 142 valence electrons. The van der Waals surface area contributed by atoms with Gasteiger partial charge in [-0.15, -0.1) is 0 Å². The highest BCUT2D eigenvalue weighted by molar-refractivity contribution is 5.79. The van der Waals surface area contributed by atoms with Gasteiger partial charge < -0.3 is 10.2 Å².